The summed E-state index contributed by atoms with van der Waals surface area (Å²) in [5.41, 5.74) is 1.90. The number of methoxy groups -OCH3 is 1. The summed E-state index contributed by atoms with van der Waals surface area (Å²) in [5.74, 6) is -0.0635. The summed E-state index contributed by atoms with van der Waals surface area (Å²) in [7, 11) is 1.63. The first kappa shape index (κ1) is 16.5. The third kappa shape index (κ3) is 3.96. The summed E-state index contributed by atoms with van der Waals surface area (Å²) in [6, 6.07) is 15.5. The zero-order valence-electron chi connectivity index (χ0n) is 12.9. The Bertz CT molecular complexity index is 852. The SMILES string of the molecule is COc1ccc(/C=C(/SCC(=O)O)c2nc3ccccc3s2)cc1. The molecule has 6 heteroatoms. The molecule has 122 valence electrons. The second-order valence-corrected chi connectivity index (χ2v) is 7.00. The molecule has 2 aromatic carbocycles. The fraction of sp³-hybridized carbons (Fsp3) is 0.111. The number of rotatable bonds is 6. The number of nitrogens with zero attached hydrogens (tertiary/aromatic N) is 1. The number of carbonyl (C=O) groups is 1. The molecule has 0 spiro atoms. The van der Waals surface area contributed by atoms with Crippen LogP contribution in [-0.2, 0) is 4.79 Å². The Labute approximate surface area is 147 Å². The smallest absolute Gasteiger partial charge is 0.313 e. The molecule has 0 atom stereocenters. The van der Waals surface area contributed by atoms with E-state index in [9.17, 15) is 4.79 Å². The van der Waals surface area contributed by atoms with E-state index in [0.717, 1.165) is 31.4 Å². The van der Waals surface area contributed by atoms with E-state index in [2.05, 4.69) is 4.98 Å². The zero-order valence-corrected chi connectivity index (χ0v) is 14.6. The Kier molecular flexibility index (Phi) is 5.17. The standard InChI is InChI=1S/C18H15NO3S2/c1-22-13-8-6-12(7-9-13)10-16(23-11-17(20)21)18-19-14-4-2-3-5-15(14)24-18/h2-10H,11H2,1H3,(H,20,21)/b16-10+. The molecular formula is C18H15NO3S2. The lowest BCUT2D eigenvalue weighted by molar-refractivity contribution is -0.133. The Hall–Kier alpha value is -2.31. The van der Waals surface area contributed by atoms with E-state index in [0.29, 0.717) is 0 Å². The van der Waals surface area contributed by atoms with Crippen LogP contribution in [0, 0.1) is 0 Å². The number of aliphatic carboxylic acids is 1. The van der Waals surface area contributed by atoms with E-state index in [1.165, 1.54) is 11.8 Å². The summed E-state index contributed by atoms with van der Waals surface area (Å²) in [4.78, 5) is 16.4. The van der Waals surface area contributed by atoms with Gasteiger partial charge in [0.05, 0.1) is 23.1 Å². The molecule has 0 fully saturated rings. The van der Waals surface area contributed by atoms with Gasteiger partial charge in [0.2, 0.25) is 0 Å². The van der Waals surface area contributed by atoms with Gasteiger partial charge in [0, 0.05) is 4.91 Å². The van der Waals surface area contributed by atoms with Gasteiger partial charge in [0.25, 0.3) is 0 Å². The molecule has 0 radical (unpaired) electrons. The fourth-order valence-electron chi connectivity index (χ4n) is 2.13. The number of carboxylic acid groups (broad SMARTS) is 1. The molecule has 0 aliphatic carbocycles. The van der Waals surface area contributed by atoms with E-state index in [-0.39, 0.29) is 5.75 Å². The van der Waals surface area contributed by atoms with Gasteiger partial charge in [-0.2, -0.15) is 0 Å². The van der Waals surface area contributed by atoms with Gasteiger partial charge in [0.15, 0.2) is 0 Å². The van der Waals surface area contributed by atoms with Crippen molar-refractivity contribution >= 4 is 50.3 Å². The first-order valence-electron chi connectivity index (χ1n) is 7.22. The van der Waals surface area contributed by atoms with Gasteiger partial charge < -0.3 is 9.84 Å². The van der Waals surface area contributed by atoms with Crippen molar-refractivity contribution in [3.8, 4) is 5.75 Å². The molecule has 0 unspecified atom stereocenters. The minimum atomic E-state index is -0.846. The number of aromatic nitrogens is 1. The first-order valence-corrected chi connectivity index (χ1v) is 9.02. The van der Waals surface area contributed by atoms with Crippen LogP contribution in [0.2, 0.25) is 0 Å². The lowest BCUT2D eigenvalue weighted by atomic mass is 10.2. The van der Waals surface area contributed by atoms with Crippen molar-refractivity contribution in [2.75, 3.05) is 12.9 Å². The molecule has 0 saturated heterocycles. The highest BCUT2D eigenvalue weighted by molar-refractivity contribution is 8.09. The summed E-state index contributed by atoms with van der Waals surface area (Å²) >= 11 is 2.85. The van der Waals surface area contributed by atoms with E-state index >= 15 is 0 Å². The quantitative estimate of drug-likeness (QED) is 0.697. The van der Waals surface area contributed by atoms with Crippen LogP contribution in [0.1, 0.15) is 10.6 Å². The highest BCUT2D eigenvalue weighted by Gasteiger charge is 2.11. The fourth-order valence-corrected chi connectivity index (χ4v) is 3.98. The number of hydrogen-bond acceptors (Lipinski definition) is 5. The lowest BCUT2D eigenvalue weighted by Gasteiger charge is -2.04. The summed E-state index contributed by atoms with van der Waals surface area (Å²) in [5, 5.41) is 9.83. The van der Waals surface area contributed by atoms with Crippen LogP contribution in [0.3, 0.4) is 0 Å². The van der Waals surface area contributed by atoms with Crippen molar-refractivity contribution in [2.24, 2.45) is 0 Å². The van der Waals surface area contributed by atoms with Crippen molar-refractivity contribution in [1.82, 2.24) is 4.98 Å². The average molecular weight is 357 g/mol. The number of ether oxygens (including phenoxy) is 1. The topological polar surface area (TPSA) is 59.4 Å². The van der Waals surface area contributed by atoms with Crippen molar-refractivity contribution in [3.63, 3.8) is 0 Å². The van der Waals surface area contributed by atoms with Crippen LogP contribution < -0.4 is 4.74 Å². The number of para-hydroxylation sites is 1. The van der Waals surface area contributed by atoms with Gasteiger partial charge in [0.1, 0.15) is 10.8 Å². The van der Waals surface area contributed by atoms with Crippen LogP contribution in [0.15, 0.2) is 48.5 Å². The van der Waals surface area contributed by atoms with E-state index < -0.39 is 5.97 Å². The molecule has 1 N–H and O–H groups in total. The Morgan fingerprint density at radius 3 is 2.67 bits per heavy atom. The predicted molar refractivity (Wildman–Crippen MR) is 101 cm³/mol. The Morgan fingerprint density at radius 2 is 2.00 bits per heavy atom. The van der Waals surface area contributed by atoms with E-state index in [1.54, 1.807) is 18.4 Å². The molecule has 3 rings (SSSR count). The van der Waals surface area contributed by atoms with Crippen LogP contribution in [0.25, 0.3) is 21.2 Å². The number of thiazole rings is 1. The van der Waals surface area contributed by atoms with Crippen molar-refractivity contribution in [3.05, 3.63) is 59.1 Å². The monoisotopic (exact) mass is 357 g/mol. The molecule has 1 aromatic heterocycles. The van der Waals surface area contributed by atoms with Crippen LogP contribution in [0.5, 0.6) is 5.75 Å². The van der Waals surface area contributed by atoms with E-state index in [4.69, 9.17) is 9.84 Å². The van der Waals surface area contributed by atoms with Crippen LogP contribution >= 0.6 is 23.1 Å². The Balaban J connectivity index is 1.97. The normalized spacial score (nSPS) is 11.6. The summed E-state index contributed by atoms with van der Waals surface area (Å²) < 4.78 is 6.25. The molecule has 4 nitrogen and oxygen atoms in total. The van der Waals surface area contributed by atoms with Crippen LogP contribution in [-0.4, -0.2) is 28.9 Å². The minimum absolute atomic E-state index is 0.00207. The third-order valence-electron chi connectivity index (χ3n) is 3.27. The predicted octanol–water partition coefficient (Wildman–Crippen LogP) is 4.62. The maximum Gasteiger partial charge on any atom is 0.313 e. The third-order valence-corrected chi connectivity index (χ3v) is 5.48. The molecule has 0 saturated carbocycles. The first-order chi connectivity index (χ1) is 11.7. The minimum Gasteiger partial charge on any atom is -0.497 e. The Morgan fingerprint density at radius 1 is 1.25 bits per heavy atom. The van der Waals surface area contributed by atoms with Gasteiger partial charge in [-0.05, 0) is 35.9 Å². The second kappa shape index (κ2) is 7.51. The molecule has 24 heavy (non-hydrogen) atoms. The number of benzene rings is 2. The van der Waals surface area contributed by atoms with Crippen molar-refractivity contribution in [2.45, 2.75) is 0 Å². The molecule has 0 aliphatic heterocycles. The number of carboxylic acids is 1. The van der Waals surface area contributed by atoms with Gasteiger partial charge in [-0.1, -0.05) is 24.3 Å². The van der Waals surface area contributed by atoms with Crippen molar-refractivity contribution in [1.29, 1.82) is 0 Å². The summed E-state index contributed by atoms with van der Waals surface area (Å²) in [6.45, 7) is 0. The number of thioether (sulfide) groups is 1. The maximum absolute atomic E-state index is 11.0. The van der Waals surface area contributed by atoms with Gasteiger partial charge in [-0.25, -0.2) is 4.98 Å². The molecule has 0 aliphatic rings. The average Bonchev–Trinajstić information content (AvgIpc) is 3.03. The van der Waals surface area contributed by atoms with Gasteiger partial charge >= 0.3 is 5.97 Å². The maximum atomic E-state index is 11.0. The highest BCUT2D eigenvalue weighted by atomic mass is 32.2. The molecular weight excluding hydrogens is 342 g/mol. The number of fused-ring (bicyclic) bond motifs is 1. The molecule has 1 heterocycles. The van der Waals surface area contributed by atoms with Crippen LogP contribution in [0.4, 0.5) is 0 Å². The van der Waals surface area contributed by atoms with E-state index in [1.807, 2.05) is 54.6 Å². The zero-order chi connectivity index (χ0) is 16.9. The molecule has 0 amide bonds. The summed E-state index contributed by atoms with van der Waals surface area (Å²) in [6.07, 6.45) is 1.96. The van der Waals surface area contributed by atoms with Crippen molar-refractivity contribution < 1.29 is 14.6 Å². The lowest BCUT2D eigenvalue weighted by Crippen LogP contribution is -1.98. The largest absolute Gasteiger partial charge is 0.497 e. The second-order valence-electron chi connectivity index (χ2n) is 4.95. The van der Waals surface area contributed by atoms with Gasteiger partial charge in [-0.3, -0.25) is 4.79 Å². The highest BCUT2D eigenvalue weighted by Crippen LogP contribution is 2.35. The molecule has 3 aromatic rings. The van der Waals surface area contributed by atoms with Gasteiger partial charge in [-0.15, -0.1) is 23.1 Å². The number of hydrogen-bond donors (Lipinski definition) is 1. The molecule has 0 bridgehead atoms.